The number of rotatable bonds is 8. The molecule has 0 aliphatic rings. The zero-order valence-corrected chi connectivity index (χ0v) is 11.1. The van der Waals surface area contributed by atoms with Gasteiger partial charge in [0, 0.05) is 11.0 Å². The second kappa shape index (κ2) is 8.56. The van der Waals surface area contributed by atoms with Gasteiger partial charge in [0.2, 0.25) is 0 Å². The Balaban J connectivity index is 2.03. The van der Waals surface area contributed by atoms with Crippen molar-refractivity contribution < 1.29 is 9.47 Å². The molecule has 0 heterocycles. The van der Waals surface area contributed by atoms with Gasteiger partial charge in [-0.05, 0) is 24.7 Å². The Kier molecular flexibility index (Phi) is 7.21. The van der Waals surface area contributed by atoms with Gasteiger partial charge in [0.15, 0.2) is 0 Å². The molecule has 0 aliphatic heterocycles. The summed E-state index contributed by atoms with van der Waals surface area (Å²) >= 11 is 3.39. The molecule has 1 rings (SSSR count). The van der Waals surface area contributed by atoms with Crippen LogP contribution in [0.3, 0.4) is 0 Å². The lowest BCUT2D eigenvalue weighted by atomic mass is 10.3. The summed E-state index contributed by atoms with van der Waals surface area (Å²) in [5.74, 6) is 0.865. The van der Waals surface area contributed by atoms with Gasteiger partial charge in [-0.15, -0.1) is 0 Å². The SMILES string of the molecule is CCNCCOCCOc1cccc(Br)c1. The molecule has 0 saturated heterocycles. The van der Waals surface area contributed by atoms with Crippen molar-refractivity contribution in [3.05, 3.63) is 28.7 Å². The number of nitrogens with one attached hydrogen (secondary N) is 1. The number of hydrogen-bond acceptors (Lipinski definition) is 3. The Hall–Kier alpha value is -0.580. The van der Waals surface area contributed by atoms with Crippen molar-refractivity contribution in [2.75, 3.05) is 32.9 Å². The standard InChI is InChI=1S/C12H18BrNO2/c1-2-14-6-7-15-8-9-16-12-5-3-4-11(13)10-12/h3-5,10,14H,2,6-9H2,1H3. The zero-order chi connectivity index (χ0) is 11.6. The maximum Gasteiger partial charge on any atom is 0.120 e. The van der Waals surface area contributed by atoms with Gasteiger partial charge in [-0.2, -0.15) is 0 Å². The molecule has 3 nitrogen and oxygen atoms in total. The zero-order valence-electron chi connectivity index (χ0n) is 9.54. The Morgan fingerprint density at radius 1 is 1.25 bits per heavy atom. The molecule has 0 bridgehead atoms. The molecule has 0 spiro atoms. The summed E-state index contributed by atoms with van der Waals surface area (Å²) in [4.78, 5) is 0. The van der Waals surface area contributed by atoms with Crippen LogP contribution in [0.4, 0.5) is 0 Å². The summed E-state index contributed by atoms with van der Waals surface area (Å²) in [5, 5.41) is 3.19. The minimum atomic E-state index is 0.586. The summed E-state index contributed by atoms with van der Waals surface area (Å²) in [6.45, 7) is 5.90. The topological polar surface area (TPSA) is 30.5 Å². The minimum absolute atomic E-state index is 0.586. The summed E-state index contributed by atoms with van der Waals surface area (Å²) in [6.07, 6.45) is 0. The second-order valence-corrected chi connectivity index (χ2v) is 4.19. The maximum atomic E-state index is 5.52. The molecular formula is C12H18BrNO2. The van der Waals surface area contributed by atoms with Gasteiger partial charge in [0.25, 0.3) is 0 Å². The molecule has 0 aromatic heterocycles. The lowest BCUT2D eigenvalue weighted by Gasteiger charge is -2.07. The predicted molar refractivity (Wildman–Crippen MR) is 69.0 cm³/mol. The molecule has 0 unspecified atom stereocenters. The van der Waals surface area contributed by atoms with Gasteiger partial charge in [-0.3, -0.25) is 0 Å². The molecule has 0 amide bonds. The van der Waals surface area contributed by atoms with Crippen molar-refractivity contribution in [1.82, 2.24) is 5.32 Å². The van der Waals surface area contributed by atoms with Gasteiger partial charge in [-0.1, -0.05) is 28.9 Å². The van der Waals surface area contributed by atoms with E-state index < -0.39 is 0 Å². The Morgan fingerprint density at radius 2 is 2.12 bits per heavy atom. The maximum absolute atomic E-state index is 5.52. The fourth-order valence-corrected chi connectivity index (χ4v) is 1.58. The van der Waals surface area contributed by atoms with Gasteiger partial charge < -0.3 is 14.8 Å². The average molecular weight is 288 g/mol. The summed E-state index contributed by atoms with van der Waals surface area (Å²) in [7, 11) is 0. The minimum Gasteiger partial charge on any atom is -0.491 e. The van der Waals surface area contributed by atoms with E-state index in [2.05, 4.69) is 28.2 Å². The van der Waals surface area contributed by atoms with Crippen LogP contribution in [0.2, 0.25) is 0 Å². The van der Waals surface area contributed by atoms with Crippen LogP contribution in [0.1, 0.15) is 6.92 Å². The first-order valence-corrected chi connectivity index (χ1v) is 6.29. The van der Waals surface area contributed by atoms with Crippen molar-refractivity contribution in [2.45, 2.75) is 6.92 Å². The normalized spacial score (nSPS) is 10.4. The van der Waals surface area contributed by atoms with E-state index in [4.69, 9.17) is 9.47 Å². The molecule has 16 heavy (non-hydrogen) atoms. The van der Waals surface area contributed by atoms with E-state index in [0.29, 0.717) is 13.2 Å². The first-order valence-electron chi connectivity index (χ1n) is 5.49. The van der Waals surface area contributed by atoms with Crippen LogP contribution >= 0.6 is 15.9 Å². The molecule has 0 atom stereocenters. The predicted octanol–water partition coefficient (Wildman–Crippen LogP) is 2.45. The van der Waals surface area contributed by atoms with Crippen LogP contribution < -0.4 is 10.1 Å². The van der Waals surface area contributed by atoms with Crippen LogP contribution in [0.25, 0.3) is 0 Å². The Labute approximate surface area is 105 Å². The number of hydrogen-bond donors (Lipinski definition) is 1. The van der Waals surface area contributed by atoms with E-state index in [-0.39, 0.29) is 0 Å². The highest BCUT2D eigenvalue weighted by molar-refractivity contribution is 9.10. The van der Waals surface area contributed by atoms with Crippen molar-refractivity contribution >= 4 is 15.9 Å². The Morgan fingerprint density at radius 3 is 2.88 bits per heavy atom. The molecular weight excluding hydrogens is 270 g/mol. The highest BCUT2D eigenvalue weighted by Gasteiger charge is 1.94. The van der Waals surface area contributed by atoms with Crippen LogP contribution in [-0.2, 0) is 4.74 Å². The molecule has 1 N–H and O–H groups in total. The Bertz CT molecular complexity index is 294. The number of benzene rings is 1. The van der Waals surface area contributed by atoms with E-state index >= 15 is 0 Å². The third-order valence-electron chi connectivity index (χ3n) is 1.97. The lowest BCUT2D eigenvalue weighted by Crippen LogP contribution is -2.20. The highest BCUT2D eigenvalue weighted by Crippen LogP contribution is 2.17. The van der Waals surface area contributed by atoms with Crippen molar-refractivity contribution in [3.63, 3.8) is 0 Å². The molecule has 1 aromatic rings. The second-order valence-electron chi connectivity index (χ2n) is 3.27. The number of ether oxygens (including phenoxy) is 2. The van der Waals surface area contributed by atoms with E-state index in [1.54, 1.807) is 0 Å². The molecule has 4 heteroatoms. The van der Waals surface area contributed by atoms with E-state index in [1.807, 2.05) is 24.3 Å². The van der Waals surface area contributed by atoms with Crippen LogP contribution in [-0.4, -0.2) is 32.9 Å². The molecule has 0 aliphatic carbocycles. The first-order chi connectivity index (χ1) is 7.83. The fourth-order valence-electron chi connectivity index (χ4n) is 1.20. The first kappa shape index (κ1) is 13.5. The third-order valence-corrected chi connectivity index (χ3v) is 2.46. The molecule has 0 fully saturated rings. The quantitative estimate of drug-likeness (QED) is 0.745. The molecule has 1 aromatic carbocycles. The van der Waals surface area contributed by atoms with E-state index in [9.17, 15) is 0 Å². The molecule has 0 saturated carbocycles. The average Bonchev–Trinajstić information content (AvgIpc) is 2.28. The number of halogens is 1. The summed E-state index contributed by atoms with van der Waals surface area (Å²) < 4.78 is 11.9. The highest BCUT2D eigenvalue weighted by atomic mass is 79.9. The molecule has 0 radical (unpaired) electrons. The van der Waals surface area contributed by atoms with E-state index in [0.717, 1.165) is 29.9 Å². The summed E-state index contributed by atoms with van der Waals surface area (Å²) in [5.41, 5.74) is 0. The van der Waals surface area contributed by atoms with Gasteiger partial charge in [-0.25, -0.2) is 0 Å². The van der Waals surface area contributed by atoms with Crippen LogP contribution in [0, 0.1) is 0 Å². The van der Waals surface area contributed by atoms with Crippen molar-refractivity contribution in [1.29, 1.82) is 0 Å². The van der Waals surface area contributed by atoms with E-state index in [1.165, 1.54) is 0 Å². The monoisotopic (exact) mass is 287 g/mol. The van der Waals surface area contributed by atoms with Gasteiger partial charge >= 0.3 is 0 Å². The number of likely N-dealkylation sites (N-methyl/N-ethyl adjacent to an activating group) is 1. The largest absolute Gasteiger partial charge is 0.491 e. The summed E-state index contributed by atoms with van der Waals surface area (Å²) in [6, 6.07) is 7.80. The van der Waals surface area contributed by atoms with Crippen molar-refractivity contribution in [3.8, 4) is 5.75 Å². The van der Waals surface area contributed by atoms with Crippen LogP contribution in [0.5, 0.6) is 5.75 Å². The molecule has 90 valence electrons. The fraction of sp³-hybridized carbons (Fsp3) is 0.500. The lowest BCUT2D eigenvalue weighted by molar-refractivity contribution is 0.102. The van der Waals surface area contributed by atoms with Crippen LogP contribution in [0.15, 0.2) is 28.7 Å². The third kappa shape index (κ3) is 6.10. The van der Waals surface area contributed by atoms with Gasteiger partial charge in [0.1, 0.15) is 12.4 Å². The van der Waals surface area contributed by atoms with Gasteiger partial charge in [0.05, 0.1) is 13.2 Å². The van der Waals surface area contributed by atoms with Crippen molar-refractivity contribution in [2.24, 2.45) is 0 Å². The smallest absolute Gasteiger partial charge is 0.120 e.